The van der Waals surface area contributed by atoms with E-state index in [1.807, 2.05) is 18.2 Å². The van der Waals surface area contributed by atoms with Crippen LogP contribution in [0.25, 0.3) is 5.57 Å². The average Bonchev–Trinajstić information content (AvgIpc) is 2.73. The number of alkyl halides is 2. The summed E-state index contributed by atoms with van der Waals surface area (Å²) in [5.74, 6) is 0.109. The molecule has 1 aliphatic rings. The van der Waals surface area contributed by atoms with Gasteiger partial charge >= 0.3 is 6.61 Å². The first-order valence-electron chi connectivity index (χ1n) is 9.84. The van der Waals surface area contributed by atoms with Gasteiger partial charge in [0, 0.05) is 6.54 Å². The molecule has 3 rings (SSSR count). The second kappa shape index (κ2) is 10.4. The number of carbonyl (C=O) groups is 1. The van der Waals surface area contributed by atoms with Gasteiger partial charge in [-0.05, 0) is 66.5 Å². The summed E-state index contributed by atoms with van der Waals surface area (Å²) in [5.41, 5.74) is 3.97. The van der Waals surface area contributed by atoms with Crippen molar-refractivity contribution in [1.82, 2.24) is 5.32 Å². The van der Waals surface area contributed by atoms with E-state index in [1.54, 1.807) is 18.2 Å². The first kappa shape index (κ1) is 22.1. The minimum absolute atomic E-state index is 0.0800. The Kier molecular flexibility index (Phi) is 7.69. The Bertz CT molecular complexity index is 931. The Hall–Kier alpha value is -2.60. The van der Waals surface area contributed by atoms with Gasteiger partial charge in [0.05, 0.1) is 17.7 Å². The molecule has 0 atom stereocenters. The molecule has 1 N–H and O–H groups in total. The van der Waals surface area contributed by atoms with Crippen LogP contribution in [0.4, 0.5) is 8.78 Å². The fourth-order valence-electron chi connectivity index (χ4n) is 3.55. The number of nitrogens with one attached hydrogen (secondary N) is 1. The number of methoxy groups -OCH3 is 1. The van der Waals surface area contributed by atoms with E-state index in [-0.39, 0.29) is 5.57 Å². The zero-order valence-electron chi connectivity index (χ0n) is 16.7. The molecule has 7 heteroatoms. The van der Waals surface area contributed by atoms with Crippen LogP contribution in [0.1, 0.15) is 35.1 Å². The summed E-state index contributed by atoms with van der Waals surface area (Å²) in [4.78, 5) is 12.7. The van der Waals surface area contributed by atoms with Crippen LogP contribution in [0.5, 0.6) is 5.75 Å². The maximum Gasteiger partial charge on any atom is 0.386 e. The first-order chi connectivity index (χ1) is 14.5. The van der Waals surface area contributed by atoms with Gasteiger partial charge in [0.15, 0.2) is 0 Å². The van der Waals surface area contributed by atoms with Crippen LogP contribution in [0.2, 0.25) is 5.02 Å². The molecule has 0 bridgehead atoms. The monoisotopic (exact) mass is 435 g/mol. The minimum Gasteiger partial charge on any atom is -0.495 e. The Morgan fingerprint density at radius 2 is 1.93 bits per heavy atom. The third-order valence-electron chi connectivity index (χ3n) is 5.11. The molecule has 0 fully saturated rings. The van der Waals surface area contributed by atoms with Crippen molar-refractivity contribution in [3.05, 3.63) is 69.9 Å². The van der Waals surface area contributed by atoms with E-state index in [0.717, 1.165) is 43.1 Å². The molecule has 0 saturated heterocycles. The second-order valence-corrected chi connectivity index (χ2v) is 7.50. The summed E-state index contributed by atoms with van der Waals surface area (Å²) in [6.45, 7) is -2.68. The predicted molar refractivity (Wildman–Crippen MR) is 113 cm³/mol. The Morgan fingerprint density at radius 3 is 2.63 bits per heavy atom. The highest BCUT2D eigenvalue weighted by Gasteiger charge is 2.17. The van der Waals surface area contributed by atoms with Gasteiger partial charge in [0.1, 0.15) is 12.0 Å². The second-order valence-electron chi connectivity index (χ2n) is 7.09. The lowest BCUT2D eigenvalue weighted by molar-refractivity contribution is -0.116. The minimum atomic E-state index is -2.99. The summed E-state index contributed by atoms with van der Waals surface area (Å²) in [6, 6.07) is 11.0. The Balaban J connectivity index is 1.70. The van der Waals surface area contributed by atoms with E-state index < -0.39 is 12.5 Å². The lowest BCUT2D eigenvalue weighted by Crippen LogP contribution is -2.27. The number of aryl methyl sites for hydroxylation is 2. The molecular weight excluding hydrogens is 412 g/mol. The number of hydrogen-bond acceptors (Lipinski definition) is 3. The van der Waals surface area contributed by atoms with Crippen LogP contribution < -0.4 is 10.1 Å². The summed E-state index contributed by atoms with van der Waals surface area (Å²) < 4.78 is 34.7. The molecule has 1 aliphatic carbocycles. The molecule has 0 radical (unpaired) electrons. The van der Waals surface area contributed by atoms with E-state index in [1.165, 1.54) is 12.7 Å². The van der Waals surface area contributed by atoms with Crippen molar-refractivity contribution in [3.63, 3.8) is 0 Å². The number of carbonyl (C=O) groups excluding carboxylic acids is 1. The molecule has 0 spiro atoms. The molecule has 2 aromatic rings. The zero-order valence-corrected chi connectivity index (χ0v) is 17.5. The fourth-order valence-corrected chi connectivity index (χ4v) is 3.83. The van der Waals surface area contributed by atoms with Crippen LogP contribution in [0.3, 0.4) is 0 Å². The molecule has 0 heterocycles. The maximum absolute atomic E-state index is 12.7. The SMILES string of the molecule is COc1ccc(CCNC(=O)C(=COC(F)F)c2ccc3c(c2)CCCC3)cc1Cl. The molecule has 2 aromatic carbocycles. The molecule has 4 nitrogen and oxygen atoms in total. The molecule has 1 amide bonds. The number of hydrogen-bond donors (Lipinski definition) is 1. The van der Waals surface area contributed by atoms with Crippen molar-refractivity contribution in [1.29, 1.82) is 0 Å². The van der Waals surface area contributed by atoms with Crippen molar-refractivity contribution in [2.45, 2.75) is 38.7 Å². The van der Waals surface area contributed by atoms with Gasteiger partial charge in [-0.3, -0.25) is 4.79 Å². The maximum atomic E-state index is 12.7. The molecule has 30 heavy (non-hydrogen) atoms. The molecule has 0 aromatic heterocycles. The summed E-state index contributed by atoms with van der Waals surface area (Å²) >= 11 is 6.12. The Labute approximate surface area is 179 Å². The molecule has 160 valence electrons. The highest BCUT2D eigenvalue weighted by molar-refractivity contribution is 6.32. The van der Waals surface area contributed by atoms with E-state index in [4.69, 9.17) is 16.3 Å². The number of benzene rings is 2. The summed E-state index contributed by atoms with van der Waals surface area (Å²) in [7, 11) is 1.54. The lowest BCUT2D eigenvalue weighted by atomic mass is 9.89. The zero-order chi connectivity index (χ0) is 21.5. The van der Waals surface area contributed by atoms with Gasteiger partial charge in [-0.25, -0.2) is 0 Å². The van der Waals surface area contributed by atoms with Crippen LogP contribution >= 0.6 is 11.6 Å². The van der Waals surface area contributed by atoms with Gasteiger partial charge in [0.25, 0.3) is 5.91 Å². The van der Waals surface area contributed by atoms with Crippen LogP contribution in [-0.2, 0) is 28.8 Å². The number of halogens is 3. The van der Waals surface area contributed by atoms with Gasteiger partial charge in [-0.2, -0.15) is 8.78 Å². The molecule has 0 unspecified atom stereocenters. The van der Waals surface area contributed by atoms with Crippen LogP contribution in [-0.4, -0.2) is 26.2 Å². The topological polar surface area (TPSA) is 47.6 Å². The van der Waals surface area contributed by atoms with Crippen LogP contribution in [0.15, 0.2) is 42.7 Å². The molecule has 0 saturated carbocycles. The van der Waals surface area contributed by atoms with Crippen molar-refractivity contribution < 1.29 is 23.0 Å². The van der Waals surface area contributed by atoms with E-state index in [0.29, 0.717) is 29.3 Å². The van der Waals surface area contributed by atoms with Crippen molar-refractivity contribution in [2.75, 3.05) is 13.7 Å². The number of fused-ring (bicyclic) bond motifs is 1. The van der Waals surface area contributed by atoms with Gasteiger partial charge < -0.3 is 14.8 Å². The standard InChI is InChI=1S/C23H24ClF2NO3/c1-29-21-9-6-15(12-20(21)24)10-11-27-22(28)19(14-30-23(25)26)18-8-7-16-4-2-3-5-17(16)13-18/h6-9,12-14,23H,2-5,10-11H2,1H3,(H,27,28). The quantitative estimate of drug-likeness (QED) is 0.460. The normalized spacial score (nSPS) is 13.7. The largest absolute Gasteiger partial charge is 0.495 e. The Morgan fingerprint density at radius 1 is 1.17 bits per heavy atom. The van der Waals surface area contributed by atoms with E-state index in [9.17, 15) is 13.6 Å². The van der Waals surface area contributed by atoms with E-state index in [2.05, 4.69) is 10.1 Å². The van der Waals surface area contributed by atoms with Gasteiger partial charge in [0.2, 0.25) is 0 Å². The lowest BCUT2D eigenvalue weighted by Gasteiger charge is -2.17. The van der Waals surface area contributed by atoms with Gasteiger partial charge in [-0.1, -0.05) is 35.9 Å². The number of ether oxygens (including phenoxy) is 2. The van der Waals surface area contributed by atoms with Crippen molar-refractivity contribution in [3.8, 4) is 5.75 Å². The average molecular weight is 436 g/mol. The summed E-state index contributed by atoms with van der Waals surface area (Å²) in [5, 5.41) is 3.26. The van der Waals surface area contributed by atoms with Crippen LogP contribution in [0, 0.1) is 0 Å². The first-order valence-corrected chi connectivity index (χ1v) is 10.2. The highest BCUT2D eigenvalue weighted by Crippen LogP contribution is 2.27. The fraction of sp³-hybridized carbons (Fsp3) is 0.348. The van der Waals surface area contributed by atoms with Crippen molar-refractivity contribution in [2.24, 2.45) is 0 Å². The smallest absolute Gasteiger partial charge is 0.386 e. The highest BCUT2D eigenvalue weighted by atomic mass is 35.5. The molecule has 0 aliphatic heterocycles. The number of rotatable bonds is 8. The number of amides is 1. The summed E-state index contributed by atoms with van der Waals surface area (Å²) in [6.07, 6.45) is 5.52. The third-order valence-corrected chi connectivity index (χ3v) is 5.40. The third kappa shape index (κ3) is 5.72. The molecular formula is C23H24ClF2NO3. The van der Waals surface area contributed by atoms with Gasteiger partial charge in [-0.15, -0.1) is 0 Å². The van der Waals surface area contributed by atoms with E-state index >= 15 is 0 Å². The van der Waals surface area contributed by atoms with Crippen molar-refractivity contribution >= 4 is 23.1 Å². The predicted octanol–water partition coefficient (Wildman–Crippen LogP) is 5.17.